The fourth-order valence-corrected chi connectivity index (χ4v) is 3.53. The van der Waals surface area contributed by atoms with E-state index in [4.69, 9.17) is 0 Å². The van der Waals surface area contributed by atoms with Crippen molar-refractivity contribution in [2.24, 2.45) is 11.3 Å². The lowest BCUT2D eigenvalue weighted by molar-refractivity contribution is -0.122. The predicted octanol–water partition coefficient (Wildman–Crippen LogP) is 4.21. The molecule has 2 rings (SSSR count). The maximum atomic E-state index is 12.0. The summed E-state index contributed by atoms with van der Waals surface area (Å²) in [5, 5.41) is 3.23. The van der Waals surface area contributed by atoms with E-state index in [1.807, 2.05) is 0 Å². The van der Waals surface area contributed by atoms with Crippen LogP contribution in [0.5, 0.6) is 0 Å². The first-order chi connectivity index (χ1) is 9.00. The van der Waals surface area contributed by atoms with Crippen molar-refractivity contribution in [1.29, 1.82) is 0 Å². The highest BCUT2D eigenvalue weighted by Gasteiger charge is 2.34. The van der Waals surface area contributed by atoms with E-state index >= 15 is 0 Å². The van der Waals surface area contributed by atoms with E-state index in [1.54, 1.807) is 0 Å². The van der Waals surface area contributed by atoms with Gasteiger partial charge in [-0.25, -0.2) is 0 Å². The van der Waals surface area contributed by atoms with Crippen molar-refractivity contribution in [2.75, 3.05) is 0 Å². The lowest BCUT2D eigenvalue weighted by Gasteiger charge is -2.30. The normalized spacial score (nSPS) is 27.1. The zero-order valence-corrected chi connectivity index (χ0v) is 12.8. The molecular formula is C17H29NO. The molecule has 19 heavy (non-hydrogen) atoms. The molecule has 1 atom stereocenters. The zero-order valence-electron chi connectivity index (χ0n) is 12.8. The minimum atomic E-state index is 0.271. The van der Waals surface area contributed by atoms with Crippen LogP contribution >= 0.6 is 0 Å². The van der Waals surface area contributed by atoms with E-state index in [9.17, 15) is 4.79 Å². The molecule has 2 aliphatic rings. The number of carbonyl (C=O) groups is 1. The van der Waals surface area contributed by atoms with Crippen molar-refractivity contribution in [3.63, 3.8) is 0 Å². The highest BCUT2D eigenvalue weighted by Crippen LogP contribution is 2.45. The van der Waals surface area contributed by atoms with Gasteiger partial charge in [0, 0.05) is 12.5 Å². The molecule has 1 fully saturated rings. The van der Waals surface area contributed by atoms with Crippen LogP contribution in [0.4, 0.5) is 0 Å². The van der Waals surface area contributed by atoms with Crippen molar-refractivity contribution < 1.29 is 4.79 Å². The Morgan fingerprint density at radius 3 is 2.58 bits per heavy atom. The molecule has 0 aliphatic heterocycles. The summed E-state index contributed by atoms with van der Waals surface area (Å²) in [6, 6.07) is 0.456. The van der Waals surface area contributed by atoms with Gasteiger partial charge in [-0.2, -0.15) is 0 Å². The molecule has 0 aromatic carbocycles. The molecule has 2 heteroatoms. The maximum absolute atomic E-state index is 12.0. The fraction of sp³-hybridized carbons (Fsp3) is 0.824. The quantitative estimate of drug-likeness (QED) is 0.756. The number of hydrogen-bond donors (Lipinski definition) is 1. The van der Waals surface area contributed by atoms with Gasteiger partial charge in [0.1, 0.15) is 0 Å². The number of rotatable bonds is 4. The summed E-state index contributed by atoms with van der Waals surface area (Å²) >= 11 is 0. The molecule has 0 aromatic rings. The van der Waals surface area contributed by atoms with Crippen molar-refractivity contribution in [1.82, 2.24) is 5.32 Å². The van der Waals surface area contributed by atoms with Crippen LogP contribution in [0.1, 0.15) is 72.1 Å². The third kappa shape index (κ3) is 3.61. The lowest BCUT2D eigenvalue weighted by Crippen LogP contribution is -2.36. The minimum Gasteiger partial charge on any atom is -0.353 e. The smallest absolute Gasteiger partial charge is 0.220 e. The van der Waals surface area contributed by atoms with Crippen LogP contribution in [0.3, 0.4) is 0 Å². The molecular weight excluding hydrogens is 234 g/mol. The number of nitrogens with one attached hydrogen (secondary N) is 1. The van der Waals surface area contributed by atoms with Crippen molar-refractivity contribution in [2.45, 2.75) is 78.2 Å². The second kappa shape index (κ2) is 6.11. The van der Waals surface area contributed by atoms with Crippen LogP contribution in [0.15, 0.2) is 11.6 Å². The van der Waals surface area contributed by atoms with Gasteiger partial charge in [-0.3, -0.25) is 4.79 Å². The van der Waals surface area contributed by atoms with E-state index in [-0.39, 0.29) is 11.3 Å². The second-order valence-electron chi connectivity index (χ2n) is 6.98. The summed E-state index contributed by atoms with van der Waals surface area (Å²) in [5.41, 5.74) is 1.77. The Kier molecular flexibility index (Phi) is 4.70. The number of carbonyl (C=O) groups excluding carboxylic acids is 1. The molecule has 1 unspecified atom stereocenters. The fourth-order valence-electron chi connectivity index (χ4n) is 3.53. The van der Waals surface area contributed by atoms with Crippen LogP contribution < -0.4 is 5.32 Å². The summed E-state index contributed by atoms with van der Waals surface area (Å²) < 4.78 is 0. The van der Waals surface area contributed by atoms with Gasteiger partial charge in [0.05, 0.1) is 0 Å². The highest BCUT2D eigenvalue weighted by molar-refractivity contribution is 5.76. The molecule has 108 valence electrons. The Hall–Kier alpha value is -0.790. The van der Waals surface area contributed by atoms with Crippen molar-refractivity contribution in [3.05, 3.63) is 11.6 Å². The Morgan fingerprint density at radius 1 is 1.32 bits per heavy atom. The summed E-state index contributed by atoms with van der Waals surface area (Å²) in [7, 11) is 0. The predicted molar refractivity (Wildman–Crippen MR) is 79.9 cm³/mol. The molecule has 0 bridgehead atoms. The molecule has 1 amide bonds. The monoisotopic (exact) mass is 263 g/mol. The second-order valence-corrected chi connectivity index (χ2v) is 6.98. The molecule has 1 saturated carbocycles. The van der Waals surface area contributed by atoms with Crippen molar-refractivity contribution in [3.8, 4) is 0 Å². The Morgan fingerprint density at radius 2 is 2.00 bits per heavy atom. The minimum absolute atomic E-state index is 0.271. The van der Waals surface area contributed by atoms with Gasteiger partial charge in [-0.05, 0) is 43.9 Å². The summed E-state index contributed by atoms with van der Waals surface area (Å²) in [6.45, 7) is 6.85. The van der Waals surface area contributed by atoms with Crippen LogP contribution in [-0.2, 0) is 4.79 Å². The van der Waals surface area contributed by atoms with E-state index < -0.39 is 0 Å². The molecule has 2 nitrogen and oxygen atoms in total. The molecule has 0 saturated heterocycles. The van der Waals surface area contributed by atoms with Crippen LogP contribution in [0.25, 0.3) is 0 Å². The van der Waals surface area contributed by atoms with E-state index in [0.29, 0.717) is 18.4 Å². The molecule has 0 aromatic heterocycles. The zero-order chi connectivity index (χ0) is 13.9. The van der Waals surface area contributed by atoms with E-state index in [2.05, 4.69) is 32.2 Å². The first-order valence-corrected chi connectivity index (χ1v) is 7.96. The number of amides is 1. The first kappa shape index (κ1) is 14.6. The molecule has 1 N–H and O–H groups in total. The van der Waals surface area contributed by atoms with Gasteiger partial charge in [-0.15, -0.1) is 0 Å². The largest absolute Gasteiger partial charge is 0.353 e. The van der Waals surface area contributed by atoms with Gasteiger partial charge in [0.25, 0.3) is 0 Å². The summed E-state index contributed by atoms with van der Waals surface area (Å²) in [4.78, 5) is 12.0. The van der Waals surface area contributed by atoms with Crippen LogP contribution in [0.2, 0.25) is 0 Å². The number of allylic oxidation sites excluding steroid dienone is 2. The van der Waals surface area contributed by atoms with Gasteiger partial charge in [0.15, 0.2) is 0 Å². The molecule has 0 radical (unpaired) electrons. The maximum Gasteiger partial charge on any atom is 0.220 e. The average molecular weight is 263 g/mol. The van der Waals surface area contributed by atoms with E-state index in [1.165, 1.54) is 37.7 Å². The molecule has 0 spiro atoms. The Balaban J connectivity index is 1.72. The average Bonchev–Trinajstić information content (AvgIpc) is 2.63. The number of hydrogen-bond acceptors (Lipinski definition) is 1. The molecule has 0 heterocycles. The van der Waals surface area contributed by atoms with Gasteiger partial charge in [0.2, 0.25) is 5.91 Å². The molecule has 2 aliphatic carbocycles. The van der Waals surface area contributed by atoms with Gasteiger partial charge < -0.3 is 5.32 Å². The van der Waals surface area contributed by atoms with Crippen LogP contribution in [-0.4, -0.2) is 11.9 Å². The topological polar surface area (TPSA) is 29.1 Å². The highest BCUT2D eigenvalue weighted by atomic mass is 16.1. The standard InChI is InChI=1S/C17H29NO/c1-13-9-10-14(17(13,2)3)11-12-16(19)18-15-7-5-4-6-8-15/h9,14-15H,4-8,10-12H2,1-3H3,(H,18,19). The SMILES string of the molecule is CC1=CCC(CCC(=O)NC2CCCCC2)C1(C)C. The third-order valence-electron chi connectivity index (χ3n) is 5.44. The van der Waals surface area contributed by atoms with Gasteiger partial charge in [-0.1, -0.05) is 44.8 Å². The summed E-state index contributed by atoms with van der Waals surface area (Å²) in [6.07, 6.45) is 11.5. The van der Waals surface area contributed by atoms with E-state index in [0.717, 1.165) is 12.8 Å². The third-order valence-corrected chi connectivity index (χ3v) is 5.44. The Bertz CT molecular complexity index is 350. The van der Waals surface area contributed by atoms with Crippen molar-refractivity contribution >= 4 is 5.91 Å². The van der Waals surface area contributed by atoms with Crippen LogP contribution in [0, 0.1) is 11.3 Å². The first-order valence-electron chi connectivity index (χ1n) is 7.96. The Labute approximate surface area is 118 Å². The summed E-state index contributed by atoms with van der Waals surface area (Å²) in [5.74, 6) is 0.914. The lowest BCUT2D eigenvalue weighted by atomic mass is 9.75. The van der Waals surface area contributed by atoms with Gasteiger partial charge >= 0.3 is 0 Å².